The second-order valence-electron chi connectivity index (χ2n) is 7.10. The highest BCUT2D eigenvalue weighted by Crippen LogP contribution is 2.23. The fraction of sp³-hybridized carbons (Fsp3) is 0.136. The summed E-state index contributed by atoms with van der Waals surface area (Å²) in [6.45, 7) is -0.0412. The summed E-state index contributed by atoms with van der Waals surface area (Å²) >= 11 is 0. The second-order valence-corrected chi connectivity index (χ2v) is 7.10. The number of carboxylic acid groups (broad SMARTS) is 1. The first-order valence-corrected chi connectivity index (χ1v) is 9.64. The quantitative estimate of drug-likeness (QED) is 0.271. The van der Waals surface area contributed by atoms with E-state index in [1.807, 2.05) is 0 Å². The van der Waals surface area contributed by atoms with Crippen LogP contribution in [0.25, 0.3) is 21.8 Å². The van der Waals surface area contributed by atoms with Gasteiger partial charge in [0, 0.05) is 46.2 Å². The topological polar surface area (TPSA) is 147 Å². The molecule has 0 saturated carbocycles. The summed E-state index contributed by atoms with van der Waals surface area (Å²) in [5.74, 6) is -1.59. The molecular formula is C22H20N4O5. The third kappa shape index (κ3) is 4.41. The zero-order valence-electron chi connectivity index (χ0n) is 16.4. The number of hydrogen-bond acceptors (Lipinski definition) is 4. The highest BCUT2D eigenvalue weighted by molar-refractivity contribution is 6.07. The number of aromatic nitrogens is 2. The number of carbonyl (C=O) groups is 3. The van der Waals surface area contributed by atoms with Gasteiger partial charge in [-0.05, 0) is 55.0 Å². The maximum absolute atomic E-state index is 12.7. The van der Waals surface area contributed by atoms with Gasteiger partial charge in [0.05, 0.1) is 0 Å². The highest BCUT2D eigenvalue weighted by atomic mass is 16.4. The number of rotatable bonds is 7. The number of amides is 2. The lowest BCUT2D eigenvalue weighted by molar-refractivity contribution is -0.116. The van der Waals surface area contributed by atoms with E-state index in [4.69, 9.17) is 10.2 Å². The smallest absolute Gasteiger partial charge is 0.352 e. The minimum absolute atomic E-state index is 0.0412. The van der Waals surface area contributed by atoms with Crippen LogP contribution in [-0.4, -0.2) is 44.6 Å². The molecule has 0 saturated heterocycles. The summed E-state index contributed by atoms with van der Waals surface area (Å²) in [5, 5.41) is 24.9. The van der Waals surface area contributed by atoms with Gasteiger partial charge in [-0.2, -0.15) is 0 Å². The molecule has 6 N–H and O–H groups in total. The van der Waals surface area contributed by atoms with Crippen LogP contribution < -0.4 is 10.6 Å². The maximum atomic E-state index is 12.7. The van der Waals surface area contributed by atoms with Crippen LogP contribution in [0.15, 0.2) is 48.5 Å². The van der Waals surface area contributed by atoms with Gasteiger partial charge in [0.1, 0.15) is 11.4 Å². The summed E-state index contributed by atoms with van der Waals surface area (Å²) in [5.41, 5.74) is 2.96. The molecule has 0 aliphatic heterocycles. The molecule has 0 spiro atoms. The Morgan fingerprint density at radius 2 is 1.39 bits per heavy atom. The van der Waals surface area contributed by atoms with Gasteiger partial charge in [0.15, 0.2) is 0 Å². The van der Waals surface area contributed by atoms with Crippen molar-refractivity contribution >= 4 is 51.0 Å². The molecule has 4 aromatic rings. The van der Waals surface area contributed by atoms with Crippen LogP contribution >= 0.6 is 0 Å². The maximum Gasteiger partial charge on any atom is 0.352 e. The summed E-state index contributed by atoms with van der Waals surface area (Å²) in [6, 6.07) is 13.5. The van der Waals surface area contributed by atoms with Crippen LogP contribution in [0.5, 0.6) is 0 Å². The minimum atomic E-state index is -1.05. The van der Waals surface area contributed by atoms with Gasteiger partial charge in [-0.1, -0.05) is 0 Å². The Kier molecular flexibility index (Phi) is 5.42. The van der Waals surface area contributed by atoms with E-state index in [-0.39, 0.29) is 30.5 Å². The van der Waals surface area contributed by atoms with E-state index in [2.05, 4.69) is 20.6 Å². The number of aliphatic hydroxyl groups excluding tert-OH is 1. The van der Waals surface area contributed by atoms with Gasteiger partial charge >= 0.3 is 5.97 Å². The molecule has 0 radical (unpaired) electrons. The number of anilines is 2. The number of nitrogens with one attached hydrogen (secondary N) is 4. The van der Waals surface area contributed by atoms with Gasteiger partial charge in [-0.25, -0.2) is 4.79 Å². The molecule has 158 valence electrons. The van der Waals surface area contributed by atoms with Gasteiger partial charge in [0.2, 0.25) is 5.91 Å². The summed E-state index contributed by atoms with van der Waals surface area (Å²) < 4.78 is 0. The Morgan fingerprint density at radius 1 is 0.806 bits per heavy atom. The Labute approximate surface area is 176 Å². The van der Waals surface area contributed by atoms with Gasteiger partial charge < -0.3 is 30.8 Å². The lowest BCUT2D eigenvalue weighted by atomic mass is 10.2. The third-order valence-corrected chi connectivity index (χ3v) is 4.82. The van der Waals surface area contributed by atoms with Crippen LogP contribution in [0.1, 0.15) is 33.8 Å². The van der Waals surface area contributed by atoms with Gasteiger partial charge in [-0.3, -0.25) is 9.59 Å². The van der Waals surface area contributed by atoms with Crippen molar-refractivity contribution in [2.24, 2.45) is 0 Å². The monoisotopic (exact) mass is 420 g/mol. The van der Waals surface area contributed by atoms with Crippen molar-refractivity contribution in [3.63, 3.8) is 0 Å². The number of H-pyrrole nitrogens is 2. The summed E-state index contributed by atoms with van der Waals surface area (Å²) in [6.07, 6.45) is 0.628. The van der Waals surface area contributed by atoms with E-state index in [0.717, 1.165) is 10.9 Å². The fourth-order valence-corrected chi connectivity index (χ4v) is 3.32. The lowest BCUT2D eigenvalue weighted by Crippen LogP contribution is -2.12. The fourth-order valence-electron chi connectivity index (χ4n) is 3.32. The van der Waals surface area contributed by atoms with E-state index in [9.17, 15) is 14.4 Å². The zero-order chi connectivity index (χ0) is 22.0. The normalized spacial score (nSPS) is 11.0. The first-order valence-electron chi connectivity index (χ1n) is 9.64. The Bertz CT molecular complexity index is 1300. The molecule has 31 heavy (non-hydrogen) atoms. The molecule has 9 nitrogen and oxygen atoms in total. The molecule has 2 heterocycles. The van der Waals surface area contributed by atoms with E-state index >= 15 is 0 Å². The Hall–Kier alpha value is -4.11. The molecule has 2 amide bonds. The number of carbonyl (C=O) groups excluding carboxylic acids is 2. The molecular weight excluding hydrogens is 400 g/mol. The number of aromatic amines is 2. The molecule has 0 atom stereocenters. The zero-order valence-corrected chi connectivity index (χ0v) is 16.4. The minimum Gasteiger partial charge on any atom is -0.477 e. The van der Waals surface area contributed by atoms with E-state index in [0.29, 0.717) is 34.4 Å². The largest absolute Gasteiger partial charge is 0.477 e. The van der Waals surface area contributed by atoms with Gasteiger partial charge in [-0.15, -0.1) is 0 Å². The van der Waals surface area contributed by atoms with Crippen LogP contribution in [0.3, 0.4) is 0 Å². The predicted molar refractivity (Wildman–Crippen MR) is 116 cm³/mol. The van der Waals surface area contributed by atoms with Crippen LogP contribution in [0.2, 0.25) is 0 Å². The van der Waals surface area contributed by atoms with E-state index < -0.39 is 5.97 Å². The standard InChI is InChI=1S/C22H20N4O5/c27-7-1-2-20(28)23-14-3-5-16-12(8-14)10-18(25-16)21(29)24-15-4-6-17-13(9-15)11-19(26-17)22(30)31/h3-6,8-11,25-27H,1-2,7H2,(H,23,28)(H,24,29)(H,30,31). The molecule has 0 aliphatic carbocycles. The SMILES string of the molecule is O=C(CCCO)Nc1ccc2[nH]c(C(=O)Nc3ccc4[nH]c(C(=O)O)cc4c3)cc2c1. The van der Waals surface area contributed by atoms with Crippen molar-refractivity contribution < 1.29 is 24.6 Å². The van der Waals surface area contributed by atoms with Crippen molar-refractivity contribution in [3.8, 4) is 0 Å². The van der Waals surface area contributed by atoms with Crippen LogP contribution in [0.4, 0.5) is 11.4 Å². The van der Waals surface area contributed by atoms with Crippen molar-refractivity contribution in [1.82, 2.24) is 9.97 Å². The number of fused-ring (bicyclic) bond motifs is 2. The second kappa shape index (κ2) is 8.33. The molecule has 0 bridgehead atoms. The molecule has 0 unspecified atom stereocenters. The predicted octanol–water partition coefficient (Wildman–Crippen LogP) is 3.31. The third-order valence-electron chi connectivity index (χ3n) is 4.82. The molecule has 4 rings (SSSR count). The first kappa shape index (κ1) is 20.2. The first-order chi connectivity index (χ1) is 14.9. The van der Waals surface area contributed by atoms with E-state index in [1.165, 1.54) is 6.07 Å². The Balaban J connectivity index is 1.50. The van der Waals surface area contributed by atoms with Crippen molar-refractivity contribution in [2.45, 2.75) is 12.8 Å². The van der Waals surface area contributed by atoms with Crippen molar-refractivity contribution in [2.75, 3.05) is 17.2 Å². The number of carboxylic acids is 1. The lowest BCUT2D eigenvalue weighted by Gasteiger charge is -2.04. The average Bonchev–Trinajstić information content (AvgIpc) is 3.35. The molecule has 0 fully saturated rings. The Morgan fingerprint density at radius 3 is 2.00 bits per heavy atom. The molecule has 2 aromatic carbocycles. The van der Waals surface area contributed by atoms with Crippen molar-refractivity contribution in [3.05, 3.63) is 59.9 Å². The highest BCUT2D eigenvalue weighted by Gasteiger charge is 2.13. The number of aliphatic hydroxyl groups is 1. The molecule has 9 heteroatoms. The molecule has 0 aliphatic rings. The van der Waals surface area contributed by atoms with Gasteiger partial charge in [0.25, 0.3) is 5.91 Å². The van der Waals surface area contributed by atoms with Crippen LogP contribution in [0, 0.1) is 0 Å². The van der Waals surface area contributed by atoms with Crippen molar-refractivity contribution in [1.29, 1.82) is 0 Å². The number of benzene rings is 2. The average molecular weight is 420 g/mol. The number of aromatic carboxylic acids is 1. The van der Waals surface area contributed by atoms with E-state index in [1.54, 1.807) is 42.5 Å². The summed E-state index contributed by atoms with van der Waals surface area (Å²) in [7, 11) is 0. The summed E-state index contributed by atoms with van der Waals surface area (Å²) in [4.78, 5) is 41.4. The molecule has 2 aromatic heterocycles. The van der Waals surface area contributed by atoms with Crippen LogP contribution in [-0.2, 0) is 4.79 Å². The number of hydrogen-bond donors (Lipinski definition) is 6.